The first-order valence-corrected chi connectivity index (χ1v) is 10.1. The molecule has 0 saturated carbocycles. The van der Waals surface area contributed by atoms with Crippen LogP contribution in [0, 0.1) is 23.7 Å². The Labute approximate surface area is 177 Å². The van der Waals surface area contributed by atoms with E-state index in [0.717, 1.165) is 36.4 Å². The molecule has 0 amide bonds. The summed E-state index contributed by atoms with van der Waals surface area (Å²) in [5.41, 5.74) is 4.90. The van der Waals surface area contributed by atoms with Crippen LogP contribution in [0.1, 0.15) is 55.8 Å². The molecule has 7 nitrogen and oxygen atoms in total. The summed E-state index contributed by atoms with van der Waals surface area (Å²) >= 11 is 0. The first-order valence-electron chi connectivity index (χ1n) is 10.1. The van der Waals surface area contributed by atoms with Gasteiger partial charge < -0.3 is 9.68 Å². The van der Waals surface area contributed by atoms with Crippen LogP contribution < -0.4 is 0 Å². The minimum Gasteiger partial charge on any atom is -0.395 e. The van der Waals surface area contributed by atoms with E-state index in [0.29, 0.717) is 24.6 Å². The second-order valence-corrected chi connectivity index (χ2v) is 8.15. The van der Waals surface area contributed by atoms with Crippen molar-refractivity contribution >= 4 is 11.4 Å². The molecule has 0 aliphatic heterocycles. The molecule has 3 rings (SSSR count). The Hall–Kier alpha value is -3.27. The van der Waals surface area contributed by atoms with E-state index in [9.17, 15) is 0 Å². The smallest absolute Gasteiger partial charge is 0.125 e. The normalized spacial score (nSPS) is 15.4. The van der Waals surface area contributed by atoms with E-state index in [4.69, 9.17) is 14.9 Å². The Morgan fingerprint density at radius 3 is 2.77 bits per heavy atom. The molecule has 0 atom stereocenters. The van der Waals surface area contributed by atoms with Crippen molar-refractivity contribution in [3.8, 4) is 6.07 Å². The van der Waals surface area contributed by atoms with Crippen molar-refractivity contribution in [1.82, 2.24) is 9.97 Å². The molecule has 2 heterocycles. The van der Waals surface area contributed by atoms with Crippen LogP contribution in [0.3, 0.4) is 0 Å². The molecule has 0 N–H and O–H groups in total. The highest BCUT2D eigenvalue weighted by Crippen LogP contribution is 2.22. The first-order chi connectivity index (χ1) is 14.5. The number of oxime groups is 2. The fraction of sp³-hybridized carbons (Fsp3) is 0.435. The summed E-state index contributed by atoms with van der Waals surface area (Å²) in [4.78, 5) is 20.1. The average molecular weight is 406 g/mol. The van der Waals surface area contributed by atoms with E-state index in [-0.39, 0.29) is 11.8 Å². The van der Waals surface area contributed by atoms with Gasteiger partial charge >= 0.3 is 0 Å². The van der Waals surface area contributed by atoms with E-state index >= 15 is 0 Å². The molecule has 0 saturated heterocycles. The summed E-state index contributed by atoms with van der Waals surface area (Å²) in [5.74, 6) is 0. The van der Waals surface area contributed by atoms with Gasteiger partial charge in [-0.3, -0.25) is 9.97 Å². The van der Waals surface area contributed by atoms with E-state index in [1.807, 2.05) is 45.0 Å². The quantitative estimate of drug-likeness (QED) is 0.485. The summed E-state index contributed by atoms with van der Waals surface area (Å²) in [7, 11) is 0. The maximum Gasteiger partial charge on any atom is 0.125 e. The number of pyridine rings is 2. The zero-order valence-electron chi connectivity index (χ0n) is 17.8. The molecular weight excluding hydrogens is 378 g/mol. The third-order valence-electron chi connectivity index (χ3n) is 4.72. The Morgan fingerprint density at radius 1 is 1.17 bits per heavy atom. The largest absolute Gasteiger partial charge is 0.395 e. The number of fused-ring (bicyclic) bond motifs is 1. The number of nitrogens with zero attached hydrogens (tertiary/aromatic N) is 5. The van der Waals surface area contributed by atoms with Crippen molar-refractivity contribution in [2.45, 2.75) is 46.5 Å². The van der Waals surface area contributed by atoms with Crippen molar-refractivity contribution in [3.63, 3.8) is 0 Å². The van der Waals surface area contributed by atoms with Crippen molar-refractivity contribution in [1.29, 1.82) is 5.26 Å². The Morgan fingerprint density at radius 2 is 2.00 bits per heavy atom. The van der Waals surface area contributed by atoms with Gasteiger partial charge in [0.05, 0.1) is 23.9 Å². The van der Waals surface area contributed by atoms with Gasteiger partial charge in [-0.15, -0.1) is 0 Å². The van der Waals surface area contributed by atoms with Crippen molar-refractivity contribution in [3.05, 3.63) is 59.2 Å². The van der Waals surface area contributed by atoms with Crippen LogP contribution in [0.15, 0.2) is 46.8 Å². The monoisotopic (exact) mass is 405 g/mol. The van der Waals surface area contributed by atoms with E-state index in [1.54, 1.807) is 6.20 Å². The maximum atomic E-state index is 9.03. The van der Waals surface area contributed by atoms with Gasteiger partial charge in [-0.1, -0.05) is 36.3 Å². The van der Waals surface area contributed by atoms with Gasteiger partial charge in [-0.05, 0) is 49.9 Å². The molecule has 2 aromatic rings. The van der Waals surface area contributed by atoms with Crippen LogP contribution in [-0.4, -0.2) is 34.6 Å². The molecule has 0 radical (unpaired) electrons. The standard InChI is InChI=1S/C23H27N5O2/c1-17-10-11-18-7-6-9-21(22(18)26-17)28-30-16-23(2,3)15-29-27-20(12-13-24)19-8-4-5-14-25-19/h4-5,8,10-11,14H,6-7,9,12,15-16H2,1-3H3/b27-20+,28-21+. The third kappa shape index (κ3) is 5.86. The molecule has 1 aliphatic rings. The van der Waals surface area contributed by atoms with Gasteiger partial charge in [-0.25, -0.2) is 0 Å². The summed E-state index contributed by atoms with van der Waals surface area (Å²) < 4.78 is 0. The molecule has 2 aromatic heterocycles. The highest BCUT2D eigenvalue weighted by Gasteiger charge is 2.22. The lowest BCUT2D eigenvalue weighted by Crippen LogP contribution is -2.25. The number of hydrogen-bond donors (Lipinski definition) is 0. The zero-order valence-corrected chi connectivity index (χ0v) is 17.8. The molecule has 0 aromatic carbocycles. The van der Waals surface area contributed by atoms with Crippen LogP contribution in [0.5, 0.6) is 0 Å². The van der Waals surface area contributed by atoms with Crippen molar-refractivity contribution in [2.75, 3.05) is 13.2 Å². The lowest BCUT2D eigenvalue weighted by molar-refractivity contribution is -0.000219. The Kier molecular flexibility index (Phi) is 7.12. The topological polar surface area (TPSA) is 92.8 Å². The molecule has 0 bridgehead atoms. The summed E-state index contributed by atoms with van der Waals surface area (Å²) in [5, 5.41) is 17.5. The number of hydrogen-bond acceptors (Lipinski definition) is 7. The summed E-state index contributed by atoms with van der Waals surface area (Å²) in [6, 6.07) is 11.7. The maximum absolute atomic E-state index is 9.03. The fourth-order valence-corrected chi connectivity index (χ4v) is 3.08. The Balaban J connectivity index is 1.58. The first kappa shape index (κ1) is 21.4. The highest BCUT2D eigenvalue weighted by molar-refractivity contribution is 6.00. The van der Waals surface area contributed by atoms with E-state index < -0.39 is 0 Å². The van der Waals surface area contributed by atoms with Gasteiger partial charge in [0.25, 0.3) is 0 Å². The summed E-state index contributed by atoms with van der Waals surface area (Å²) in [6.07, 6.45) is 4.75. The van der Waals surface area contributed by atoms with Crippen LogP contribution in [0.4, 0.5) is 0 Å². The van der Waals surface area contributed by atoms with Crippen LogP contribution in [-0.2, 0) is 16.1 Å². The molecule has 30 heavy (non-hydrogen) atoms. The predicted octanol–water partition coefficient (Wildman–Crippen LogP) is 4.20. The fourth-order valence-electron chi connectivity index (χ4n) is 3.08. The minimum absolute atomic E-state index is 0.132. The van der Waals surface area contributed by atoms with Crippen LogP contribution in [0.25, 0.3) is 0 Å². The molecule has 0 fully saturated rings. The third-order valence-corrected chi connectivity index (χ3v) is 4.72. The van der Waals surface area contributed by atoms with Gasteiger partial charge in [0.15, 0.2) is 0 Å². The van der Waals surface area contributed by atoms with Crippen LogP contribution >= 0.6 is 0 Å². The number of rotatable bonds is 8. The van der Waals surface area contributed by atoms with E-state index in [2.05, 4.69) is 32.4 Å². The molecule has 7 heteroatoms. The van der Waals surface area contributed by atoms with Gasteiger partial charge in [0.2, 0.25) is 0 Å². The SMILES string of the molecule is Cc1ccc2c(n1)/C(=N/OCC(C)(C)CO/N=C(\CC#N)c1ccccn1)CCC2. The van der Waals surface area contributed by atoms with Crippen LogP contribution in [0.2, 0.25) is 0 Å². The van der Waals surface area contributed by atoms with E-state index in [1.165, 1.54) is 5.56 Å². The van der Waals surface area contributed by atoms with Crippen molar-refractivity contribution < 1.29 is 9.68 Å². The lowest BCUT2D eigenvalue weighted by Gasteiger charge is -2.22. The second kappa shape index (κ2) is 9.97. The molecule has 156 valence electrons. The molecule has 0 spiro atoms. The zero-order chi connectivity index (χ0) is 21.4. The number of aryl methyl sites for hydroxylation is 2. The molecule has 1 aliphatic carbocycles. The number of nitriles is 1. The lowest BCUT2D eigenvalue weighted by atomic mass is 9.94. The van der Waals surface area contributed by atoms with Gasteiger partial charge in [-0.2, -0.15) is 5.26 Å². The van der Waals surface area contributed by atoms with Crippen molar-refractivity contribution in [2.24, 2.45) is 15.7 Å². The second-order valence-electron chi connectivity index (χ2n) is 8.15. The average Bonchev–Trinajstić information content (AvgIpc) is 2.74. The predicted molar refractivity (Wildman–Crippen MR) is 115 cm³/mol. The summed E-state index contributed by atoms with van der Waals surface area (Å²) in [6.45, 7) is 6.73. The minimum atomic E-state index is -0.313. The number of aromatic nitrogens is 2. The molecular formula is C23H27N5O2. The Bertz CT molecular complexity index is 961. The highest BCUT2D eigenvalue weighted by atomic mass is 16.6. The molecule has 0 unspecified atom stereocenters. The van der Waals surface area contributed by atoms with Gasteiger partial charge in [0.1, 0.15) is 24.6 Å². The van der Waals surface area contributed by atoms with Gasteiger partial charge in [0, 0.05) is 17.3 Å².